The van der Waals surface area contributed by atoms with Gasteiger partial charge >= 0.3 is 5.97 Å². The Balaban J connectivity index is 2.08. The predicted octanol–water partition coefficient (Wildman–Crippen LogP) is 2.35. The zero-order chi connectivity index (χ0) is 12.4. The van der Waals surface area contributed by atoms with Gasteiger partial charge in [0.2, 0.25) is 0 Å². The first-order chi connectivity index (χ1) is 8.04. The standard InChI is InChI=1S/C14H19NO2/c1-10-5-11(2)7-12(6-10)8-15(9-14(16)17)13-3-4-13/h5-7,13H,3-4,8-9H2,1-2H3,(H,16,17). The molecule has 0 bridgehead atoms. The third-order valence-electron chi connectivity index (χ3n) is 3.07. The van der Waals surface area contributed by atoms with E-state index in [4.69, 9.17) is 5.11 Å². The maximum Gasteiger partial charge on any atom is 0.317 e. The van der Waals surface area contributed by atoms with Gasteiger partial charge in [-0.15, -0.1) is 0 Å². The first kappa shape index (κ1) is 12.1. The van der Waals surface area contributed by atoms with Crippen LogP contribution in [-0.4, -0.2) is 28.6 Å². The summed E-state index contributed by atoms with van der Waals surface area (Å²) in [6.45, 7) is 5.06. The van der Waals surface area contributed by atoms with Crippen LogP contribution in [0, 0.1) is 13.8 Å². The molecular formula is C14H19NO2. The Bertz CT molecular complexity index is 404. The van der Waals surface area contributed by atoms with E-state index < -0.39 is 5.97 Å². The summed E-state index contributed by atoms with van der Waals surface area (Å²) in [4.78, 5) is 12.9. The molecule has 1 saturated carbocycles. The number of hydrogen-bond acceptors (Lipinski definition) is 2. The molecule has 3 heteroatoms. The van der Waals surface area contributed by atoms with E-state index in [0.29, 0.717) is 6.04 Å². The topological polar surface area (TPSA) is 40.5 Å². The lowest BCUT2D eigenvalue weighted by Crippen LogP contribution is -2.31. The van der Waals surface area contributed by atoms with Crippen LogP contribution in [0.2, 0.25) is 0 Å². The van der Waals surface area contributed by atoms with Gasteiger partial charge in [0.15, 0.2) is 0 Å². The maximum atomic E-state index is 10.8. The zero-order valence-electron chi connectivity index (χ0n) is 10.4. The number of nitrogens with zero attached hydrogens (tertiary/aromatic N) is 1. The summed E-state index contributed by atoms with van der Waals surface area (Å²) in [6, 6.07) is 6.91. The van der Waals surface area contributed by atoms with Crippen molar-refractivity contribution < 1.29 is 9.90 Å². The lowest BCUT2D eigenvalue weighted by molar-refractivity contribution is -0.138. The number of benzene rings is 1. The van der Waals surface area contributed by atoms with Crippen LogP contribution in [0.1, 0.15) is 29.5 Å². The van der Waals surface area contributed by atoms with Crippen LogP contribution in [0.15, 0.2) is 18.2 Å². The van der Waals surface area contributed by atoms with Crippen molar-refractivity contribution >= 4 is 5.97 Å². The van der Waals surface area contributed by atoms with Gasteiger partial charge in [0.1, 0.15) is 0 Å². The van der Waals surface area contributed by atoms with Crippen LogP contribution in [0.25, 0.3) is 0 Å². The molecule has 0 heterocycles. The second-order valence-corrected chi connectivity index (χ2v) is 5.03. The largest absolute Gasteiger partial charge is 0.480 e. The van der Waals surface area contributed by atoms with Gasteiger partial charge in [-0.1, -0.05) is 29.3 Å². The van der Waals surface area contributed by atoms with Gasteiger partial charge in [-0.3, -0.25) is 9.69 Å². The molecule has 0 spiro atoms. The highest BCUT2D eigenvalue weighted by Gasteiger charge is 2.30. The molecule has 0 radical (unpaired) electrons. The summed E-state index contributed by atoms with van der Waals surface area (Å²) in [5, 5.41) is 8.91. The van der Waals surface area contributed by atoms with Crippen LogP contribution in [-0.2, 0) is 11.3 Å². The van der Waals surface area contributed by atoms with Crippen LogP contribution < -0.4 is 0 Å². The fourth-order valence-electron chi connectivity index (χ4n) is 2.32. The Kier molecular flexibility index (Phi) is 3.48. The Morgan fingerprint density at radius 3 is 2.35 bits per heavy atom. The van der Waals surface area contributed by atoms with E-state index in [9.17, 15) is 4.79 Å². The second kappa shape index (κ2) is 4.88. The Labute approximate surface area is 102 Å². The van der Waals surface area contributed by atoms with Gasteiger partial charge in [0.05, 0.1) is 6.54 Å². The van der Waals surface area contributed by atoms with Crippen molar-refractivity contribution in [3.63, 3.8) is 0 Å². The molecule has 1 fully saturated rings. The molecule has 0 aliphatic heterocycles. The van der Waals surface area contributed by atoms with Crippen LogP contribution in [0.5, 0.6) is 0 Å². The summed E-state index contributed by atoms with van der Waals surface area (Å²) >= 11 is 0. The molecule has 0 unspecified atom stereocenters. The predicted molar refractivity (Wildman–Crippen MR) is 67.0 cm³/mol. The maximum absolute atomic E-state index is 10.8. The summed E-state index contributed by atoms with van der Waals surface area (Å²) in [6.07, 6.45) is 2.27. The van der Waals surface area contributed by atoms with Crippen LogP contribution >= 0.6 is 0 Å². The molecule has 92 valence electrons. The third-order valence-corrected chi connectivity index (χ3v) is 3.07. The summed E-state index contributed by atoms with van der Waals surface area (Å²) in [5.41, 5.74) is 3.70. The molecule has 1 aliphatic rings. The second-order valence-electron chi connectivity index (χ2n) is 5.03. The molecule has 2 rings (SSSR count). The normalized spacial score (nSPS) is 15.2. The smallest absolute Gasteiger partial charge is 0.317 e. The number of rotatable bonds is 5. The highest BCUT2D eigenvalue weighted by atomic mass is 16.4. The Morgan fingerprint density at radius 2 is 1.88 bits per heavy atom. The van der Waals surface area contributed by atoms with Gasteiger partial charge in [0, 0.05) is 12.6 Å². The van der Waals surface area contributed by atoms with Gasteiger partial charge in [-0.05, 0) is 32.3 Å². The summed E-state index contributed by atoms with van der Waals surface area (Å²) in [7, 11) is 0. The number of hydrogen-bond donors (Lipinski definition) is 1. The fraction of sp³-hybridized carbons (Fsp3) is 0.500. The number of carbonyl (C=O) groups is 1. The molecular weight excluding hydrogens is 214 g/mol. The molecule has 1 aliphatic carbocycles. The molecule has 0 saturated heterocycles. The van der Waals surface area contributed by atoms with Gasteiger partial charge in [-0.2, -0.15) is 0 Å². The average molecular weight is 233 g/mol. The highest BCUT2D eigenvalue weighted by molar-refractivity contribution is 5.69. The van der Waals surface area contributed by atoms with E-state index in [1.165, 1.54) is 16.7 Å². The first-order valence-corrected chi connectivity index (χ1v) is 6.07. The van der Waals surface area contributed by atoms with Crippen molar-refractivity contribution in [2.45, 2.75) is 39.3 Å². The van der Waals surface area contributed by atoms with Gasteiger partial charge in [-0.25, -0.2) is 0 Å². The summed E-state index contributed by atoms with van der Waals surface area (Å²) < 4.78 is 0. The van der Waals surface area contributed by atoms with Gasteiger partial charge in [0.25, 0.3) is 0 Å². The van der Waals surface area contributed by atoms with Gasteiger partial charge < -0.3 is 5.11 Å². The van der Waals surface area contributed by atoms with E-state index >= 15 is 0 Å². The first-order valence-electron chi connectivity index (χ1n) is 6.07. The van der Waals surface area contributed by atoms with Crippen molar-refractivity contribution in [1.82, 2.24) is 4.90 Å². The van der Waals surface area contributed by atoms with E-state index in [1.54, 1.807) is 0 Å². The monoisotopic (exact) mass is 233 g/mol. The molecule has 1 aromatic rings. The van der Waals surface area contributed by atoms with Crippen molar-refractivity contribution in [3.8, 4) is 0 Å². The zero-order valence-corrected chi connectivity index (χ0v) is 10.4. The summed E-state index contributed by atoms with van der Waals surface area (Å²) in [5.74, 6) is -0.735. The minimum Gasteiger partial charge on any atom is -0.480 e. The third kappa shape index (κ3) is 3.56. The number of carboxylic acid groups (broad SMARTS) is 1. The Morgan fingerprint density at radius 1 is 1.29 bits per heavy atom. The highest BCUT2D eigenvalue weighted by Crippen LogP contribution is 2.28. The molecule has 0 aromatic heterocycles. The molecule has 17 heavy (non-hydrogen) atoms. The van der Waals surface area contributed by atoms with E-state index in [-0.39, 0.29) is 6.54 Å². The molecule has 0 atom stereocenters. The van der Waals surface area contributed by atoms with E-state index in [1.807, 2.05) is 0 Å². The van der Waals surface area contributed by atoms with E-state index in [2.05, 4.69) is 36.9 Å². The molecule has 1 N–H and O–H groups in total. The van der Waals surface area contributed by atoms with Crippen molar-refractivity contribution in [3.05, 3.63) is 34.9 Å². The molecule has 0 amide bonds. The molecule has 3 nitrogen and oxygen atoms in total. The number of aliphatic carboxylic acids is 1. The average Bonchev–Trinajstić information content (AvgIpc) is 2.96. The number of aryl methyl sites for hydroxylation is 2. The van der Waals surface area contributed by atoms with Crippen molar-refractivity contribution in [1.29, 1.82) is 0 Å². The van der Waals surface area contributed by atoms with Crippen LogP contribution in [0.3, 0.4) is 0 Å². The molecule has 1 aromatic carbocycles. The van der Waals surface area contributed by atoms with Crippen molar-refractivity contribution in [2.24, 2.45) is 0 Å². The Hall–Kier alpha value is -1.35. The fourth-order valence-corrected chi connectivity index (χ4v) is 2.32. The lowest BCUT2D eigenvalue weighted by atomic mass is 10.1. The SMILES string of the molecule is Cc1cc(C)cc(CN(CC(=O)O)C2CC2)c1. The van der Waals surface area contributed by atoms with E-state index in [0.717, 1.165) is 19.4 Å². The quantitative estimate of drug-likeness (QED) is 0.848. The minimum atomic E-state index is -0.735. The number of carboxylic acids is 1. The van der Waals surface area contributed by atoms with Crippen molar-refractivity contribution in [2.75, 3.05) is 6.54 Å². The lowest BCUT2D eigenvalue weighted by Gasteiger charge is -2.20. The van der Waals surface area contributed by atoms with Crippen LogP contribution in [0.4, 0.5) is 0 Å². The minimum absolute atomic E-state index is 0.150.